The van der Waals surface area contributed by atoms with E-state index in [0.29, 0.717) is 19.0 Å². The number of ether oxygens (including phenoxy) is 2. The Morgan fingerprint density at radius 2 is 2.00 bits per heavy atom. The summed E-state index contributed by atoms with van der Waals surface area (Å²) in [7, 11) is 0. The van der Waals surface area contributed by atoms with E-state index in [9.17, 15) is 4.79 Å². The van der Waals surface area contributed by atoms with E-state index in [4.69, 9.17) is 9.47 Å². The summed E-state index contributed by atoms with van der Waals surface area (Å²) in [4.78, 5) is 14.2. The predicted molar refractivity (Wildman–Crippen MR) is 87.8 cm³/mol. The smallest absolute Gasteiger partial charge is 0.232 e. The van der Waals surface area contributed by atoms with Gasteiger partial charge in [-0.25, -0.2) is 0 Å². The third kappa shape index (κ3) is 3.83. The maximum absolute atomic E-state index is 12.3. The van der Waals surface area contributed by atoms with Gasteiger partial charge in [0.25, 0.3) is 0 Å². The molecule has 0 aromatic heterocycles. The van der Waals surface area contributed by atoms with Crippen LogP contribution in [0.25, 0.3) is 0 Å². The average Bonchev–Trinajstić information content (AvgIpc) is 2.96. The highest BCUT2D eigenvalue weighted by Crippen LogP contribution is 2.31. The number of aryl methyl sites for hydroxylation is 1. The molecule has 1 spiro atoms. The van der Waals surface area contributed by atoms with Gasteiger partial charge in [-0.1, -0.05) is 29.8 Å². The number of benzene rings is 1. The van der Waals surface area contributed by atoms with Crippen LogP contribution in [0.3, 0.4) is 0 Å². The highest BCUT2D eigenvalue weighted by Gasteiger charge is 2.40. The molecule has 1 aromatic rings. The number of nitrogens with zero attached hydrogens (tertiary/aromatic N) is 1. The van der Waals surface area contributed by atoms with Crippen molar-refractivity contribution in [3.05, 3.63) is 35.4 Å². The number of thioether (sulfide) groups is 1. The third-order valence-corrected chi connectivity index (χ3v) is 5.26. The molecule has 0 unspecified atom stereocenters. The molecule has 2 saturated heterocycles. The van der Waals surface area contributed by atoms with Crippen molar-refractivity contribution in [1.29, 1.82) is 0 Å². The summed E-state index contributed by atoms with van der Waals surface area (Å²) < 4.78 is 11.4. The van der Waals surface area contributed by atoms with Crippen molar-refractivity contribution in [3.63, 3.8) is 0 Å². The summed E-state index contributed by atoms with van der Waals surface area (Å²) in [6.07, 6.45) is 1.59. The van der Waals surface area contributed by atoms with Gasteiger partial charge in [0.1, 0.15) is 0 Å². The molecular formula is C17H23NO3S. The van der Waals surface area contributed by atoms with Crippen LogP contribution >= 0.6 is 11.8 Å². The fourth-order valence-electron chi connectivity index (χ4n) is 3.03. The molecule has 120 valence electrons. The molecule has 2 aliphatic rings. The molecule has 4 nitrogen and oxygen atoms in total. The van der Waals surface area contributed by atoms with Crippen molar-refractivity contribution in [3.8, 4) is 0 Å². The SMILES string of the molecule is Cc1cccc(CSCC(=O)N2CCC3(CC2)OCCO3)c1. The summed E-state index contributed by atoms with van der Waals surface area (Å²) in [6, 6.07) is 8.45. The minimum Gasteiger partial charge on any atom is -0.347 e. The number of amides is 1. The number of hydrogen-bond donors (Lipinski definition) is 0. The van der Waals surface area contributed by atoms with Gasteiger partial charge >= 0.3 is 0 Å². The summed E-state index contributed by atoms with van der Waals surface area (Å²) in [6.45, 7) is 4.93. The van der Waals surface area contributed by atoms with Crippen LogP contribution < -0.4 is 0 Å². The van der Waals surface area contributed by atoms with Crippen LogP contribution in [0.4, 0.5) is 0 Å². The van der Waals surface area contributed by atoms with Crippen molar-refractivity contribution < 1.29 is 14.3 Å². The first-order chi connectivity index (χ1) is 10.7. The number of likely N-dealkylation sites (tertiary alicyclic amines) is 1. The van der Waals surface area contributed by atoms with Gasteiger partial charge in [0.15, 0.2) is 5.79 Å². The highest BCUT2D eigenvalue weighted by molar-refractivity contribution is 7.99. The highest BCUT2D eigenvalue weighted by atomic mass is 32.2. The van der Waals surface area contributed by atoms with Gasteiger partial charge in [-0.15, -0.1) is 11.8 Å². The van der Waals surface area contributed by atoms with Crippen LogP contribution in [-0.2, 0) is 20.0 Å². The van der Waals surface area contributed by atoms with Crippen molar-refractivity contribution >= 4 is 17.7 Å². The second-order valence-electron chi connectivity index (χ2n) is 5.97. The van der Waals surface area contributed by atoms with Crippen LogP contribution in [0.5, 0.6) is 0 Å². The Labute approximate surface area is 136 Å². The van der Waals surface area contributed by atoms with E-state index in [1.807, 2.05) is 4.90 Å². The van der Waals surface area contributed by atoms with Gasteiger partial charge in [-0.3, -0.25) is 4.79 Å². The Hall–Kier alpha value is -1.04. The molecule has 0 bridgehead atoms. The lowest BCUT2D eigenvalue weighted by Crippen LogP contribution is -2.47. The van der Waals surface area contributed by atoms with Gasteiger partial charge in [0, 0.05) is 31.7 Å². The zero-order chi connectivity index (χ0) is 15.4. The van der Waals surface area contributed by atoms with Crippen molar-refractivity contribution in [2.24, 2.45) is 0 Å². The van der Waals surface area contributed by atoms with Crippen LogP contribution in [0.1, 0.15) is 24.0 Å². The van der Waals surface area contributed by atoms with Crippen LogP contribution in [0.15, 0.2) is 24.3 Å². The van der Waals surface area contributed by atoms with Gasteiger partial charge in [0.2, 0.25) is 5.91 Å². The molecular weight excluding hydrogens is 298 g/mol. The molecule has 1 aromatic carbocycles. The molecule has 0 atom stereocenters. The van der Waals surface area contributed by atoms with Gasteiger partial charge < -0.3 is 14.4 Å². The number of piperidine rings is 1. The maximum Gasteiger partial charge on any atom is 0.232 e. The van der Waals surface area contributed by atoms with Crippen molar-refractivity contribution in [2.45, 2.75) is 31.3 Å². The Balaban J connectivity index is 1.41. The largest absolute Gasteiger partial charge is 0.347 e. The zero-order valence-corrected chi connectivity index (χ0v) is 13.9. The van der Waals surface area contributed by atoms with Crippen LogP contribution in [0.2, 0.25) is 0 Å². The second kappa shape index (κ2) is 7.02. The molecule has 0 radical (unpaired) electrons. The van der Waals surface area contributed by atoms with E-state index in [-0.39, 0.29) is 5.91 Å². The molecule has 0 saturated carbocycles. The van der Waals surface area contributed by atoms with Gasteiger partial charge in [0.05, 0.1) is 19.0 Å². The number of carbonyl (C=O) groups is 1. The molecule has 0 aliphatic carbocycles. The van der Waals surface area contributed by atoms with E-state index < -0.39 is 5.79 Å². The quantitative estimate of drug-likeness (QED) is 0.854. The van der Waals surface area contributed by atoms with Crippen molar-refractivity contribution in [2.75, 3.05) is 32.1 Å². The standard InChI is InChI=1S/C17H23NO3S/c1-14-3-2-4-15(11-14)12-22-13-16(19)18-7-5-17(6-8-18)20-9-10-21-17/h2-4,11H,5-10,12-13H2,1H3. The average molecular weight is 321 g/mol. The minimum atomic E-state index is -0.397. The summed E-state index contributed by atoms with van der Waals surface area (Å²) in [5.74, 6) is 1.26. The summed E-state index contributed by atoms with van der Waals surface area (Å²) in [5.41, 5.74) is 2.55. The molecule has 2 fully saturated rings. The Morgan fingerprint density at radius 1 is 1.27 bits per heavy atom. The second-order valence-corrected chi connectivity index (χ2v) is 6.96. The van der Waals surface area contributed by atoms with Gasteiger partial charge in [-0.2, -0.15) is 0 Å². The fraction of sp³-hybridized carbons (Fsp3) is 0.588. The van der Waals surface area contributed by atoms with E-state index in [1.165, 1.54) is 11.1 Å². The first kappa shape index (κ1) is 15.8. The Kier molecular flexibility index (Phi) is 5.06. The lowest BCUT2D eigenvalue weighted by atomic mass is 10.0. The van der Waals surface area contributed by atoms with Crippen molar-refractivity contribution in [1.82, 2.24) is 4.90 Å². The Morgan fingerprint density at radius 3 is 2.68 bits per heavy atom. The molecule has 3 rings (SSSR count). The summed E-state index contributed by atoms with van der Waals surface area (Å²) in [5, 5.41) is 0. The molecule has 22 heavy (non-hydrogen) atoms. The van der Waals surface area contributed by atoms with E-state index in [1.54, 1.807) is 11.8 Å². The lowest BCUT2D eigenvalue weighted by molar-refractivity contribution is -0.186. The molecule has 2 heterocycles. The zero-order valence-electron chi connectivity index (χ0n) is 13.0. The topological polar surface area (TPSA) is 38.8 Å². The minimum absolute atomic E-state index is 0.227. The molecule has 0 N–H and O–H groups in total. The molecule has 1 amide bonds. The predicted octanol–water partition coefficient (Wildman–Crippen LogP) is 2.59. The molecule has 5 heteroatoms. The van der Waals surface area contributed by atoms with Gasteiger partial charge in [-0.05, 0) is 12.5 Å². The number of carbonyl (C=O) groups excluding carboxylic acids is 1. The Bertz CT molecular complexity index is 518. The summed E-state index contributed by atoms with van der Waals surface area (Å²) >= 11 is 1.69. The number of hydrogen-bond acceptors (Lipinski definition) is 4. The third-order valence-electron chi connectivity index (χ3n) is 4.27. The first-order valence-corrected chi connectivity index (χ1v) is 9.01. The van der Waals surface area contributed by atoms with E-state index in [0.717, 1.165) is 31.7 Å². The van der Waals surface area contributed by atoms with E-state index >= 15 is 0 Å². The first-order valence-electron chi connectivity index (χ1n) is 7.86. The van der Waals surface area contributed by atoms with E-state index in [2.05, 4.69) is 31.2 Å². The monoisotopic (exact) mass is 321 g/mol. The molecule has 2 aliphatic heterocycles. The lowest BCUT2D eigenvalue weighted by Gasteiger charge is -2.37. The van der Waals surface area contributed by atoms with Crippen LogP contribution in [0, 0.1) is 6.92 Å². The normalized spacial score (nSPS) is 20.5. The van der Waals surface area contributed by atoms with Crippen LogP contribution in [-0.4, -0.2) is 48.7 Å². The maximum atomic E-state index is 12.3. The number of rotatable bonds is 4. The fourth-order valence-corrected chi connectivity index (χ4v) is 3.91.